The topological polar surface area (TPSA) is 143 Å². The molecular weight excluding hydrogens is 414 g/mol. The first-order valence-corrected chi connectivity index (χ1v) is 10.4. The maximum atomic E-state index is 9.55. The number of hydrogen-bond donors (Lipinski definition) is 4. The number of pyridine rings is 1. The lowest BCUT2D eigenvalue weighted by Gasteiger charge is -2.17. The number of aliphatic carboxylic acids is 2. The maximum absolute atomic E-state index is 9.55. The third-order valence-electron chi connectivity index (χ3n) is 4.94. The van der Waals surface area contributed by atoms with Gasteiger partial charge < -0.3 is 29.8 Å². The van der Waals surface area contributed by atoms with E-state index in [0.717, 1.165) is 54.4 Å². The Labute approximate surface area is 185 Å². The first-order valence-electron chi connectivity index (χ1n) is 10.4. The van der Waals surface area contributed by atoms with Crippen LogP contribution in [0.25, 0.3) is 11.0 Å². The summed E-state index contributed by atoms with van der Waals surface area (Å²) in [7, 11) is 0. The molecule has 0 spiro atoms. The minimum absolute atomic E-state index is 0.446. The molecule has 10 heteroatoms. The largest absolute Gasteiger partial charge is 0.478 e. The summed E-state index contributed by atoms with van der Waals surface area (Å²) < 4.78 is 7.93. The number of carbonyl (C=O) groups is 2. The highest BCUT2D eigenvalue weighted by Gasteiger charge is 2.17. The number of rotatable bonds is 6. The van der Waals surface area contributed by atoms with Gasteiger partial charge in [0.2, 0.25) is 5.95 Å². The van der Waals surface area contributed by atoms with Crippen LogP contribution in [0, 0.1) is 6.92 Å². The Morgan fingerprint density at radius 2 is 2.00 bits per heavy atom. The van der Waals surface area contributed by atoms with E-state index in [9.17, 15) is 9.59 Å². The van der Waals surface area contributed by atoms with E-state index in [4.69, 9.17) is 19.6 Å². The van der Waals surface area contributed by atoms with E-state index in [2.05, 4.69) is 20.2 Å². The fourth-order valence-electron chi connectivity index (χ4n) is 3.45. The quantitative estimate of drug-likeness (QED) is 0.425. The molecule has 1 fully saturated rings. The normalized spacial score (nSPS) is 16.3. The highest BCUT2D eigenvalue weighted by atomic mass is 16.4. The monoisotopic (exact) mass is 441 g/mol. The van der Waals surface area contributed by atoms with Gasteiger partial charge in [-0.2, -0.15) is 0 Å². The van der Waals surface area contributed by atoms with Crippen LogP contribution in [0.2, 0.25) is 0 Å². The molecule has 32 heavy (non-hydrogen) atoms. The highest BCUT2D eigenvalue weighted by Crippen LogP contribution is 2.23. The van der Waals surface area contributed by atoms with Crippen molar-refractivity contribution in [2.75, 3.05) is 18.4 Å². The smallest absolute Gasteiger partial charge is 0.328 e. The van der Waals surface area contributed by atoms with Crippen LogP contribution in [-0.4, -0.2) is 55.8 Å². The maximum Gasteiger partial charge on any atom is 0.328 e. The van der Waals surface area contributed by atoms with Gasteiger partial charge in [0.15, 0.2) is 0 Å². The number of anilines is 1. The molecule has 1 aliphatic heterocycles. The van der Waals surface area contributed by atoms with Gasteiger partial charge in [-0.3, -0.25) is 4.98 Å². The van der Waals surface area contributed by atoms with Gasteiger partial charge in [-0.25, -0.2) is 14.6 Å². The van der Waals surface area contributed by atoms with Gasteiger partial charge in [0, 0.05) is 24.4 Å². The molecule has 0 amide bonds. The third kappa shape index (κ3) is 6.67. The van der Waals surface area contributed by atoms with Crippen molar-refractivity contribution in [3.05, 3.63) is 54.3 Å². The Morgan fingerprint density at radius 1 is 1.22 bits per heavy atom. The van der Waals surface area contributed by atoms with Crippen LogP contribution < -0.4 is 10.6 Å². The summed E-state index contributed by atoms with van der Waals surface area (Å²) in [6.45, 7) is 4.78. The van der Waals surface area contributed by atoms with E-state index in [1.54, 1.807) is 6.20 Å². The van der Waals surface area contributed by atoms with Crippen molar-refractivity contribution in [1.82, 2.24) is 19.9 Å². The fraction of sp³-hybridized carbons (Fsp3) is 0.364. The van der Waals surface area contributed by atoms with Crippen LogP contribution in [0.15, 0.2) is 47.2 Å². The zero-order valence-electron chi connectivity index (χ0n) is 17.8. The molecule has 1 unspecified atom stereocenters. The second kappa shape index (κ2) is 11.1. The lowest BCUT2D eigenvalue weighted by molar-refractivity contribution is -0.134. The van der Waals surface area contributed by atoms with Gasteiger partial charge in [-0.15, -0.1) is 0 Å². The molecule has 4 rings (SSSR count). The van der Waals surface area contributed by atoms with Crippen molar-refractivity contribution in [3.63, 3.8) is 0 Å². The van der Waals surface area contributed by atoms with Crippen LogP contribution in [0.4, 0.5) is 5.95 Å². The van der Waals surface area contributed by atoms with Gasteiger partial charge in [0.05, 0.1) is 23.8 Å². The first kappa shape index (κ1) is 23.0. The molecule has 3 aromatic rings. The Hall–Kier alpha value is -3.66. The number of carboxylic acid groups (broad SMARTS) is 2. The molecule has 1 aliphatic rings. The number of aryl methyl sites for hydroxylation is 1. The SMILES string of the molecule is Cc1ccc(Cn2c(NC3CCCNCC3)nc3ccncc32)o1.O=C(O)/C=C/C(=O)O. The summed E-state index contributed by atoms with van der Waals surface area (Å²) in [5.41, 5.74) is 1.99. The zero-order chi connectivity index (χ0) is 22.9. The molecule has 170 valence electrons. The lowest BCUT2D eigenvalue weighted by Crippen LogP contribution is -2.23. The first-order chi connectivity index (χ1) is 15.4. The second-order valence-electron chi connectivity index (χ2n) is 7.43. The van der Waals surface area contributed by atoms with Crippen LogP contribution in [-0.2, 0) is 16.1 Å². The molecule has 1 atom stereocenters. The summed E-state index contributed by atoms with van der Waals surface area (Å²) in [6, 6.07) is 6.43. The number of fused-ring (bicyclic) bond motifs is 1. The number of hydrogen-bond acceptors (Lipinski definition) is 7. The Morgan fingerprint density at radius 3 is 2.69 bits per heavy atom. The van der Waals surface area contributed by atoms with E-state index >= 15 is 0 Å². The molecule has 0 saturated carbocycles. The van der Waals surface area contributed by atoms with Gasteiger partial charge >= 0.3 is 11.9 Å². The van der Waals surface area contributed by atoms with Gasteiger partial charge in [-0.1, -0.05) is 0 Å². The average molecular weight is 441 g/mol. The van der Waals surface area contributed by atoms with Crippen molar-refractivity contribution in [3.8, 4) is 0 Å². The molecule has 0 aliphatic carbocycles. The minimum Gasteiger partial charge on any atom is -0.478 e. The number of carboxylic acids is 2. The third-order valence-corrected chi connectivity index (χ3v) is 4.94. The zero-order valence-corrected chi connectivity index (χ0v) is 17.8. The van der Waals surface area contributed by atoms with Gasteiger partial charge in [0.25, 0.3) is 0 Å². The number of imidazole rings is 1. The van der Waals surface area contributed by atoms with Crippen LogP contribution >= 0.6 is 0 Å². The molecule has 0 radical (unpaired) electrons. The number of nitrogens with zero attached hydrogens (tertiary/aromatic N) is 3. The van der Waals surface area contributed by atoms with Crippen molar-refractivity contribution in [2.24, 2.45) is 0 Å². The predicted molar refractivity (Wildman–Crippen MR) is 119 cm³/mol. The Bertz CT molecular complexity index is 1060. The molecule has 1 saturated heterocycles. The van der Waals surface area contributed by atoms with E-state index in [0.29, 0.717) is 24.7 Å². The van der Waals surface area contributed by atoms with Crippen LogP contribution in [0.3, 0.4) is 0 Å². The van der Waals surface area contributed by atoms with Crippen molar-refractivity contribution >= 4 is 28.9 Å². The lowest BCUT2D eigenvalue weighted by atomic mass is 10.1. The molecular formula is C22H27N5O5. The number of aromatic nitrogens is 3. The Kier molecular flexibility index (Phi) is 7.98. The van der Waals surface area contributed by atoms with E-state index in [1.807, 2.05) is 31.3 Å². The number of nitrogens with one attached hydrogen (secondary N) is 2. The molecule has 0 aromatic carbocycles. The van der Waals surface area contributed by atoms with E-state index in [1.165, 1.54) is 6.42 Å². The predicted octanol–water partition coefficient (Wildman–Crippen LogP) is 2.65. The summed E-state index contributed by atoms with van der Waals surface area (Å²) in [5, 5.41) is 22.7. The van der Waals surface area contributed by atoms with Crippen LogP contribution in [0.5, 0.6) is 0 Å². The summed E-state index contributed by atoms with van der Waals surface area (Å²) in [6.07, 6.45) is 8.24. The van der Waals surface area contributed by atoms with E-state index < -0.39 is 11.9 Å². The number of furan rings is 1. The minimum atomic E-state index is -1.26. The van der Waals surface area contributed by atoms with Gasteiger partial charge in [-0.05, 0) is 57.5 Å². The van der Waals surface area contributed by atoms with E-state index in [-0.39, 0.29) is 0 Å². The summed E-state index contributed by atoms with van der Waals surface area (Å²) >= 11 is 0. The summed E-state index contributed by atoms with van der Waals surface area (Å²) in [5.74, 6) is 0.247. The molecule has 4 heterocycles. The van der Waals surface area contributed by atoms with Crippen molar-refractivity contribution in [2.45, 2.75) is 38.8 Å². The van der Waals surface area contributed by atoms with Crippen molar-refractivity contribution < 1.29 is 24.2 Å². The molecule has 0 bridgehead atoms. The van der Waals surface area contributed by atoms with Crippen molar-refractivity contribution in [1.29, 1.82) is 0 Å². The molecule has 3 aromatic heterocycles. The molecule has 10 nitrogen and oxygen atoms in total. The average Bonchev–Trinajstić information content (AvgIpc) is 3.21. The summed E-state index contributed by atoms with van der Waals surface area (Å²) in [4.78, 5) is 28.2. The Balaban J connectivity index is 0.000000312. The standard InChI is InChI=1S/C18H23N5O.C4H4O4/c1-13-4-5-15(24-13)12-23-17-11-20-10-7-16(17)22-18(23)21-14-3-2-8-19-9-6-14;5-3(6)1-2-4(7)8/h4-5,7,10-11,14,19H,2-3,6,8-9,12H2,1H3,(H,21,22);1-2H,(H,5,6)(H,7,8)/b;2-1+. The molecule has 4 N–H and O–H groups in total. The highest BCUT2D eigenvalue weighted by molar-refractivity contribution is 5.89. The van der Waals surface area contributed by atoms with Crippen LogP contribution in [0.1, 0.15) is 30.8 Å². The second-order valence-corrected chi connectivity index (χ2v) is 7.43. The van der Waals surface area contributed by atoms with Gasteiger partial charge in [0.1, 0.15) is 11.5 Å². The fourth-order valence-corrected chi connectivity index (χ4v) is 3.45.